The molecular formula is C31H22BrClN2O5. The minimum absolute atomic E-state index is 0.0129. The van der Waals surface area contributed by atoms with E-state index in [0.29, 0.717) is 34.4 Å². The van der Waals surface area contributed by atoms with Gasteiger partial charge >= 0.3 is 5.97 Å². The zero-order valence-corrected chi connectivity index (χ0v) is 23.3. The van der Waals surface area contributed by atoms with Crippen LogP contribution in [0.2, 0.25) is 5.02 Å². The van der Waals surface area contributed by atoms with Crippen LogP contribution in [0.5, 0.6) is 23.0 Å². The normalized spacial score (nSPS) is 14.0. The minimum atomic E-state index is -0.580. The van der Waals surface area contributed by atoms with Gasteiger partial charge in [0.15, 0.2) is 6.61 Å². The first kappa shape index (κ1) is 27.1. The lowest BCUT2D eigenvalue weighted by atomic mass is 9.83. The average Bonchev–Trinajstić information content (AvgIpc) is 2.96. The minimum Gasteiger partial charge on any atom is -0.489 e. The predicted octanol–water partition coefficient (Wildman–Crippen LogP) is 6.88. The molecule has 1 aliphatic rings. The van der Waals surface area contributed by atoms with Crippen molar-refractivity contribution in [1.29, 1.82) is 5.26 Å². The first-order valence-electron chi connectivity index (χ1n) is 12.2. The van der Waals surface area contributed by atoms with Gasteiger partial charge in [0.05, 0.1) is 5.92 Å². The molecule has 1 atom stereocenters. The maximum Gasteiger partial charge on any atom is 0.349 e. The molecule has 0 bridgehead atoms. The Balaban J connectivity index is 1.30. The van der Waals surface area contributed by atoms with Crippen LogP contribution >= 0.6 is 27.5 Å². The molecule has 1 aliphatic heterocycles. The van der Waals surface area contributed by atoms with Gasteiger partial charge in [-0.05, 0) is 54.1 Å². The quantitative estimate of drug-likeness (QED) is 0.170. The number of fused-ring (bicyclic) bond motifs is 1. The highest BCUT2D eigenvalue weighted by molar-refractivity contribution is 9.10. The topological polar surface area (TPSA) is 104 Å². The number of hydrogen-bond donors (Lipinski definition) is 1. The van der Waals surface area contributed by atoms with E-state index in [1.165, 1.54) is 0 Å². The van der Waals surface area contributed by atoms with Gasteiger partial charge in [-0.2, -0.15) is 5.26 Å². The van der Waals surface area contributed by atoms with Crippen molar-refractivity contribution in [2.24, 2.45) is 5.73 Å². The summed E-state index contributed by atoms with van der Waals surface area (Å²) < 4.78 is 23.5. The van der Waals surface area contributed by atoms with Crippen LogP contribution in [0.15, 0.2) is 107 Å². The number of ether oxygens (including phenoxy) is 4. The number of benzene rings is 4. The molecule has 0 saturated heterocycles. The molecular weight excluding hydrogens is 596 g/mol. The fourth-order valence-electron chi connectivity index (χ4n) is 4.21. The van der Waals surface area contributed by atoms with Crippen LogP contribution in [0.4, 0.5) is 0 Å². The highest BCUT2D eigenvalue weighted by Gasteiger charge is 2.31. The third-order valence-corrected chi connectivity index (χ3v) is 7.06. The summed E-state index contributed by atoms with van der Waals surface area (Å²) in [6, 6.07) is 29.1. The maximum atomic E-state index is 12.4. The van der Waals surface area contributed by atoms with E-state index in [2.05, 4.69) is 22.0 Å². The number of esters is 1. The van der Waals surface area contributed by atoms with Gasteiger partial charge < -0.3 is 24.7 Å². The number of hydrogen-bond acceptors (Lipinski definition) is 7. The molecule has 40 heavy (non-hydrogen) atoms. The van der Waals surface area contributed by atoms with Crippen LogP contribution in [0.25, 0.3) is 0 Å². The van der Waals surface area contributed by atoms with Crippen molar-refractivity contribution in [3.63, 3.8) is 0 Å². The molecule has 1 heterocycles. The molecule has 0 fully saturated rings. The SMILES string of the molecule is N#CC1=C(N)Oc2cc(OC(=O)COc3ccc(Br)cc3)ccc2C1c1ccc(OCc2ccccc2Cl)cc1. The number of nitrogens with zero attached hydrogens (tertiary/aromatic N) is 1. The van der Waals surface area contributed by atoms with Gasteiger partial charge in [0.25, 0.3) is 0 Å². The lowest BCUT2D eigenvalue weighted by molar-refractivity contribution is -0.136. The van der Waals surface area contributed by atoms with Gasteiger partial charge in [0.2, 0.25) is 5.88 Å². The summed E-state index contributed by atoms with van der Waals surface area (Å²) in [5, 5.41) is 10.5. The number of rotatable bonds is 8. The molecule has 0 radical (unpaired) electrons. The van der Waals surface area contributed by atoms with Gasteiger partial charge in [0, 0.05) is 26.7 Å². The molecule has 0 aromatic heterocycles. The Morgan fingerprint density at radius 1 is 0.950 bits per heavy atom. The van der Waals surface area contributed by atoms with Gasteiger partial charge in [0.1, 0.15) is 41.2 Å². The van der Waals surface area contributed by atoms with Crippen molar-refractivity contribution >= 4 is 33.5 Å². The van der Waals surface area contributed by atoms with E-state index in [0.717, 1.165) is 15.6 Å². The van der Waals surface area contributed by atoms with Crippen molar-refractivity contribution in [2.45, 2.75) is 12.5 Å². The van der Waals surface area contributed by atoms with Crippen molar-refractivity contribution in [1.82, 2.24) is 0 Å². The average molecular weight is 618 g/mol. The number of carbonyl (C=O) groups excluding carboxylic acids is 1. The molecule has 2 N–H and O–H groups in total. The molecule has 7 nitrogen and oxygen atoms in total. The largest absolute Gasteiger partial charge is 0.489 e. The van der Waals surface area contributed by atoms with E-state index < -0.39 is 11.9 Å². The van der Waals surface area contributed by atoms with Gasteiger partial charge in [-0.15, -0.1) is 0 Å². The predicted molar refractivity (Wildman–Crippen MR) is 153 cm³/mol. The van der Waals surface area contributed by atoms with Crippen molar-refractivity contribution in [2.75, 3.05) is 6.61 Å². The molecule has 0 saturated carbocycles. The van der Waals surface area contributed by atoms with E-state index >= 15 is 0 Å². The van der Waals surface area contributed by atoms with Crippen LogP contribution in [-0.4, -0.2) is 12.6 Å². The van der Waals surface area contributed by atoms with E-state index in [9.17, 15) is 10.1 Å². The van der Waals surface area contributed by atoms with Gasteiger partial charge in [-0.25, -0.2) is 4.79 Å². The Kier molecular flexibility index (Phi) is 8.25. The van der Waals surface area contributed by atoms with E-state index in [4.69, 9.17) is 36.3 Å². The molecule has 4 aromatic carbocycles. The van der Waals surface area contributed by atoms with E-state index in [1.807, 2.05) is 60.7 Å². The molecule has 0 spiro atoms. The van der Waals surface area contributed by atoms with Crippen molar-refractivity contribution < 1.29 is 23.7 Å². The van der Waals surface area contributed by atoms with Crippen molar-refractivity contribution in [3.8, 4) is 29.1 Å². The number of halogens is 2. The highest BCUT2D eigenvalue weighted by Crippen LogP contribution is 2.43. The third-order valence-electron chi connectivity index (χ3n) is 6.16. The highest BCUT2D eigenvalue weighted by atomic mass is 79.9. The molecule has 0 amide bonds. The first-order valence-corrected chi connectivity index (χ1v) is 13.3. The molecule has 4 aromatic rings. The molecule has 9 heteroatoms. The van der Waals surface area contributed by atoms with Crippen LogP contribution in [0, 0.1) is 11.3 Å². The summed E-state index contributed by atoms with van der Waals surface area (Å²) in [4.78, 5) is 12.4. The Labute approximate surface area is 244 Å². The number of nitrogens with two attached hydrogens (primary N) is 1. The number of nitriles is 1. The smallest absolute Gasteiger partial charge is 0.349 e. The first-order chi connectivity index (χ1) is 19.4. The van der Waals surface area contributed by atoms with Crippen LogP contribution in [0.1, 0.15) is 22.6 Å². The van der Waals surface area contributed by atoms with Crippen molar-refractivity contribution in [3.05, 3.63) is 129 Å². The summed E-state index contributed by atoms with van der Waals surface area (Å²) >= 11 is 9.57. The number of allylic oxidation sites excluding steroid dienone is 1. The summed E-state index contributed by atoms with van der Waals surface area (Å²) in [7, 11) is 0. The molecule has 0 aliphatic carbocycles. The Morgan fingerprint density at radius 2 is 1.62 bits per heavy atom. The molecule has 200 valence electrons. The maximum absolute atomic E-state index is 12.4. The standard InChI is InChI=1S/C31H22BrClN2O5/c32-21-7-11-23(12-8-21)38-18-29(36)39-24-13-14-25-28(15-24)40-31(35)26(16-34)30(25)19-5-9-22(10-6-19)37-17-20-3-1-2-4-27(20)33/h1-15,30H,17-18,35H2. The van der Waals surface area contributed by atoms with Gasteiger partial charge in [-0.1, -0.05) is 63.9 Å². The van der Waals surface area contributed by atoms with Gasteiger partial charge in [-0.3, -0.25) is 0 Å². The second-order valence-electron chi connectivity index (χ2n) is 8.79. The summed E-state index contributed by atoms with van der Waals surface area (Å²) in [5.74, 6) is 0.776. The van der Waals surface area contributed by atoms with Crippen LogP contribution in [0.3, 0.4) is 0 Å². The zero-order valence-electron chi connectivity index (χ0n) is 21.0. The lowest BCUT2D eigenvalue weighted by Gasteiger charge is -2.26. The summed E-state index contributed by atoms with van der Waals surface area (Å²) in [6.45, 7) is 0.0544. The molecule has 5 rings (SSSR count). The number of carbonyl (C=O) groups is 1. The summed E-state index contributed by atoms with van der Waals surface area (Å²) in [5.41, 5.74) is 8.82. The summed E-state index contributed by atoms with van der Waals surface area (Å²) in [6.07, 6.45) is 0. The Bertz CT molecular complexity index is 1610. The van der Waals surface area contributed by atoms with E-state index in [-0.39, 0.29) is 23.8 Å². The fourth-order valence-corrected chi connectivity index (χ4v) is 4.66. The lowest BCUT2D eigenvalue weighted by Crippen LogP contribution is -2.21. The zero-order chi connectivity index (χ0) is 28.1. The Hall–Kier alpha value is -4.45. The van der Waals surface area contributed by atoms with Crippen LogP contribution < -0.4 is 24.7 Å². The molecule has 1 unspecified atom stereocenters. The Morgan fingerprint density at radius 3 is 2.35 bits per heavy atom. The van der Waals surface area contributed by atoms with E-state index in [1.54, 1.807) is 30.3 Å². The second-order valence-corrected chi connectivity index (χ2v) is 10.1. The fraction of sp³-hybridized carbons (Fsp3) is 0.0968. The second kappa shape index (κ2) is 12.2. The van der Waals surface area contributed by atoms with Crippen LogP contribution in [-0.2, 0) is 11.4 Å². The third kappa shape index (κ3) is 6.23. The monoisotopic (exact) mass is 616 g/mol.